The molecule has 1 fully saturated rings. The fourth-order valence-electron chi connectivity index (χ4n) is 4.40. The van der Waals surface area contributed by atoms with Gasteiger partial charge in [-0.2, -0.15) is 0 Å². The summed E-state index contributed by atoms with van der Waals surface area (Å²) in [5.41, 5.74) is 4.18. The van der Waals surface area contributed by atoms with Gasteiger partial charge in [0.1, 0.15) is 5.60 Å². The smallest absolute Gasteiger partial charge is 0.410 e. The maximum absolute atomic E-state index is 12.3. The minimum Gasteiger partial charge on any atom is -0.444 e. The van der Waals surface area contributed by atoms with E-state index in [0.717, 1.165) is 43.8 Å². The number of likely N-dealkylation sites (tertiary alicyclic amines) is 1. The van der Waals surface area contributed by atoms with E-state index >= 15 is 0 Å². The summed E-state index contributed by atoms with van der Waals surface area (Å²) in [5, 5.41) is 10.4. The molecule has 0 aliphatic carbocycles. The molecular weight excluding hydrogens is 394 g/mol. The van der Waals surface area contributed by atoms with Gasteiger partial charge in [0, 0.05) is 42.7 Å². The van der Waals surface area contributed by atoms with Crippen LogP contribution in [-0.2, 0) is 17.6 Å². The van der Waals surface area contributed by atoms with E-state index in [0.29, 0.717) is 18.2 Å². The number of carbonyl (C=O) groups excluding carboxylic acids is 1. The molecule has 5 nitrogen and oxygen atoms in total. The fourth-order valence-corrected chi connectivity index (χ4v) is 5.07. The number of piperidine rings is 1. The highest BCUT2D eigenvalue weighted by Crippen LogP contribution is 2.34. The summed E-state index contributed by atoms with van der Waals surface area (Å²) in [7, 11) is 0. The van der Waals surface area contributed by atoms with Crippen LogP contribution in [0, 0.1) is 5.41 Å². The minimum absolute atomic E-state index is 0.194. The number of fused-ring (bicyclic) bond motifs is 1. The molecule has 0 atom stereocenters. The van der Waals surface area contributed by atoms with Gasteiger partial charge in [0.25, 0.3) is 0 Å². The first kappa shape index (κ1) is 20.9. The molecule has 1 N–H and O–H groups in total. The molecule has 30 heavy (non-hydrogen) atoms. The van der Waals surface area contributed by atoms with Crippen LogP contribution in [-0.4, -0.2) is 48.0 Å². The summed E-state index contributed by atoms with van der Waals surface area (Å²) in [6.45, 7) is 8.28. The Hall–Kier alpha value is -2.34. The van der Waals surface area contributed by atoms with Crippen LogP contribution in [0.25, 0.3) is 0 Å². The van der Waals surface area contributed by atoms with Crippen LogP contribution < -0.4 is 4.90 Å². The van der Waals surface area contributed by atoms with Gasteiger partial charge >= 0.3 is 6.09 Å². The van der Waals surface area contributed by atoms with E-state index in [4.69, 9.17) is 10.1 Å². The average Bonchev–Trinajstić information content (AvgIpc) is 3.36. The predicted octanol–water partition coefficient (Wildman–Crippen LogP) is 5.12. The number of carbonyl (C=O) groups is 1. The number of hydrogen-bond donors (Lipinski definition) is 1. The van der Waals surface area contributed by atoms with Crippen molar-refractivity contribution in [2.75, 3.05) is 24.5 Å². The molecule has 0 spiro atoms. The third-order valence-corrected chi connectivity index (χ3v) is 6.76. The summed E-state index contributed by atoms with van der Waals surface area (Å²) in [6.07, 6.45) is 3.50. The van der Waals surface area contributed by atoms with Gasteiger partial charge in [-0.1, -0.05) is 18.2 Å². The van der Waals surface area contributed by atoms with Crippen LogP contribution in [0.5, 0.6) is 0 Å². The van der Waals surface area contributed by atoms with Crippen molar-refractivity contribution in [2.24, 2.45) is 0 Å². The van der Waals surface area contributed by atoms with Gasteiger partial charge in [0.15, 0.2) is 0 Å². The van der Waals surface area contributed by atoms with Crippen molar-refractivity contribution >= 4 is 28.8 Å². The highest BCUT2D eigenvalue weighted by Gasteiger charge is 2.32. The molecule has 2 aliphatic heterocycles. The number of nitrogens with one attached hydrogen (secondary N) is 1. The van der Waals surface area contributed by atoms with Crippen LogP contribution in [0.1, 0.15) is 49.6 Å². The zero-order valence-corrected chi connectivity index (χ0v) is 18.9. The normalized spacial score (nSPS) is 17.2. The largest absolute Gasteiger partial charge is 0.444 e. The summed E-state index contributed by atoms with van der Waals surface area (Å²) in [5.74, 6) is 0. The first-order chi connectivity index (χ1) is 14.3. The number of hydrogen-bond acceptors (Lipinski definition) is 5. The van der Waals surface area contributed by atoms with Crippen molar-refractivity contribution in [2.45, 2.75) is 58.1 Å². The van der Waals surface area contributed by atoms with Crippen molar-refractivity contribution < 1.29 is 9.53 Å². The highest BCUT2D eigenvalue weighted by molar-refractivity contribution is 7.12. The van der Waals surface area contributed by atoms with E-state index < -0.39 is 5.60 Å². The van der Waals surface area contributed by atoms with Gasteiger partial charge in [0.2, 0.25) is 0 Å². The molecule has 160 valence electrons. The molecule has 0 saturated carbocycles. The first-order valence-corrected chi connectivity index (χ1v) is 11.7. The molecule has 1 aromatic carbocycles. The fraction of sp³-hybridized carbons (Fsp3) is 0.500. The van der Waals surface area contributed by atoms with Crippen LogP contribution in [0.3, 0.4) is 0 Å². The van der Waals surface area contributed by atoms with E-state index in [9.17, 15) is 4.79 Å². The molecule has 1 saturated heterocycles. The average molecular weight is 426 g/mol. The van der Waals surface area contributed by atoms with Crippen molar-refractivity contribution in [1.82, 2.24) is 4.90 Å². The molecular formula is C24H31N3O2S. The van der Waals surface area contributed by atoms with Crippen molar-refractivity contribution in [1.29, 1.82) is 5.41 Å². The second-order valence-electron chi connectivity index (χ2n) is 9.24. The predicted molar refractivity (Wildman–Crippen MR) is 123 cm³/mol. The van der Waals surface area contributed by atoms with E-state index in [1.54, 1.807) is 11.3 Å². The zero-order valence-electron chi connectivity index (χ0n) is 18.1. The van der Waals surface area contributed by atoms with Gasteiger partial charge in [-0.05, 0) is 68.7 Å². The second-order valence-corrected chi connectivity index (χ2v) is 10.2. The number of anilines is 1. The lowest BCUT2D eigenvalue weighted by Crippen LogP contribution is -2.47. The SMILES string of the molecule is CC(C)(C)OC(=O)N1CCC(N2CCc3cc(CC(=N)c4cccs4)ccc32)CC1. The number of benzene rings is 1. The van der Waals surface area contributed by atoms with Crippen LogP contribution in [0.2, 0.25) is 0 Å². The standard InChI is InChI=1S/C24H31N3O2S/c1-24(2,3)29-23(28)26-11-9-19(10-12-26)27-13-8-18-15-17(6-7-21(18)27)16-20(25)22-5-4-14-30-22/h4-7,14-15,19,25H,8-13,16H2,1-3H3. The lowest BCUT2D eigenvalue weighted by atomic mass is 10.0. The summed E-state index contributed by atoms with van der Waals surface area (Å²) >= 11 is 1.63. The van der Waals surface area contributed by atoms with Gasteiger partial charge in [0.05, 0.1) is 5.71 Å². The number of rotatable bonds is 4. The molecule has 2 aliphatic rings. The lowest BCUT2D eigenvalue weighted by molar-refractivity contribution is 0.0205. The molecule has 2 aromatic rings. The molecule has 0 radical (unpaired) electrons. The third-order valence-electron chi connectivity index (χ3n) is 5.83. The Morgan fingerprint density at radius 1 is 1.20 bits per heavy atom. The van der Waals surface area contributed by atoms with Gasteiger partial charge in [-0.3, -0.25) is 0 Å². The monoisotopic (exact) mass is 425 g/mol. The number of ether oxygens (including phenoxy) is 1. The zero-order chi connectivity index (χ0) is 21.3. The number of amides is 1. The quantitative estimate of drug-likeness (QED) is 0.692. The molecule has 0 unspecified atom stereocenters. The van der Waals surface area contributed by atoms with Crippen molar-refractivity contribution in [3.8, 4) is 0 Å². The molecule has 1 aromatic heterocycles. The van der Waals surface area contributed by atoms with E-state index in [-0.39, 0.29) is 6.09 Å². The second kappa shape index (κ2) is 8.42. The van der Waals surface area contributed by atoms with Crippen LogP contribution >= 0.6 is 11.3 Å². The van der Waals surface area contributed by atoms with E-state index in [1.165, 1.54) is 16.8 Å². The Bertz CT molecular complexity index is 909. The van der Waals surface area contributed by atoms with Gasteiger partial charge < -0.3 is 19.9 Å². The summed E-state index contributed by atoms with van der Waals surface area (Å²) in [6, 6.07) is 11.2. The Labute approximate surface area is 183 Å². The van der Waals surface area contributed by atoms with E-state index in [2.05, 4.69) is 23.1 Å². The molecule has 3 heterocycles. The Kier molecular flexibility index (Phi) is 5.87. The summed E-state index contributed by atoms with van der Waals surface area (Å²) < 4.78 is 5.52. The topological polar surface area (TPSA) is 56.6 Å². The number of nitrogens with zero attached hydrogens (tertiary/aromatic N) is 2. The molecule has 4 rings (SSSR count). The van der Waals surface area contributed by atoms with Crippen LogP contribution in [0.15, 0.2) is 35.7 Å². The maximum atomic E-state index is 12.3. The van der Waals surface area contributed by atoms with E-state index in [1.807, 2.05) is 43.2 Å². The summed E-state index contributed by atoms with van der Waals surface area (Å²) in [4.78, 5) is 17.7. The Balaban J connectivity index is 1.36. The van der Waals surface area contributed by atoms with Gasteiger partial charge in [-0.15, -0.1) is 11.3 Å². The molecule has 0 bridgehead atoms. The molecule has 6 heteroatoms. The molecule has 1 amide bonds. The first-order valence-electron chi connectivity index (χ1n) is 10.8. The Morgan fingerprint density at radius 2 is 1.97 bits per heavy atom. The lowest BCUT2D eigenvalue weighted by Gasteiger charge is -2.38. The third kappa shape index (κ3) is 4.69. The van der Waals surface area contributed by atoms with Crippen LogP contribution in [0.4, 0.5) is 10.5 Å². The number of thiophene rings is 1. The van der Waals surface area contributed by atoms with Gasteiger partial charge in [-0.25, -0.2) is 4.79 Å². The maximum Gasteiger partial charge on any atom is 0.410 e. The van der Waals surface area contributed by atoms with Crippen molar-refractivity contribution in [3.05, 3.63) is 51.7 Å². The Morgan fingerprint density at radius 3 is 2.63 bits per heavy atom. The minimum atomic E-state index is -0.445. The van der Waals surface area contributed by atoms with Crippen molar-refractivity contribution in [3.63, 3.8) is 0 Å². The highest BCUT2D eigenvalue weighted by atomic mass is 32.1.